The molecule has 4 unspecified atom stereocenters. The molecular weight excluding hydrogens is 429 g/mol. The van der Waals surface area contributed by atoms with Crippen molar-refractivity contribution in [2.24, 2.45) is 5.41 Å². The number of aldehydes is 1. The van der Waals surface area contributed by atoms with Gasteiger partial charge in [0.25, 0.3) is 0 Å². The zero-order chi connectivity index (χ0) is 22.6. The lowest BCUT2D eigenvalue weighted by molar-refractivity contribution is -0.154. The molecule has 5 heteroatoms. The van der Waals surface area contributed by atoms with Crippen LogP contribution in [0.2, 0.25) is 10.0 Å². The van der Waals surface area contributed by atoms with Crippen LogP contribution in [0.25, 0.3) is 0 Å². The molecule has 0 aromatic heterocycles. The number of benzene rings is 2. The monoisotopic (exact) mass is 457 g/mol. The summed E-state index contributed by atoms with van der Waals surface area (Å²) in [5, 5.41) is 1.31. The van der Waals surface area contributed by atoms with Gasteiger partial charge < -0.3 is 9.69 Å². The average Bonchev–Trinajstić information content (AvgIpc) is 2.75. The van der Waals surface area contributed by atoms with Crippen LogP contribution in [0.1, 0.15) is 62.6 Å². The van der Waals surface area contributed by atoms with Crippen molar-refractivity contribution in [1.82, 2.24) is 4.90 Å². The number of halogens is 2. The number of carbonyl (C=O) groups is 2. The minimum Gasteiger partial charge on any atom is -0.331 e. The molecule has 0 spiro atoms. The minimum absolute atomic E-state index is 0.0169. The van der Waals surface area contributed by atoms with E-state index >= 15 is 0 Å². The Morgan fingerprint density at radius 1 is 1.16 bits per heavy atom. The maximum Gasteiger partial charge on any atom is 0.229 e. The van der Waals surface area contributed by atoms with Crippen LogP contribution >= 0.6 is 23.2 Å². The van der Waals surface area contributed by atoms with Crippen LogP contribution < -0.4 is 0 Å². The van der Waals surface area contributed by atoms with Gasteiger partial charge in [0.2, 0.25) is 5.91 Å². The SMILES string of the molecule is C=CCC1(C)CC(c2cccc(Cl)c2)C(c2ccc(Cl)cc2)N(C(CC)CC=O)C1=O. The standard InChI is InChI=1S/C26H29Cl2NO2/c1-4-14-26(3)17-23(19-7-6-8-21(28)16-19)24(18-9-11-20(27)12-10-18)29(25(26)31)22(5-2)13-15-30/h4,6-12,15-16,22-24H,1,5,13-14,17H2,2-3H3. The van der Waals surface area contributed by atoms with Crippen molar-refractivity contribution >= 4 is 35.4 Å². The van der Waals surface area contributed by atoms with Gasteiger partial charge in [0.1, 0.15) is 6.29 Å². The summed E-state index contributed by atoms with van der Waals surface area (Å²) in [4.78, 5) is 27.4. The number of amides is 1. The molecule has 1 aliphatic heterocycles. The van der Waals surface area contributed by atoms with Crippen molar-refractivity contribution in [3.05, 3.63) is 82.4 Å². The summed E-state index contributed by atoms with van der Waals surface area (Å²) in [7, 11) is 0. The summed E-state index contributed by atoms with van der Waals surface area (Å²) in [6, 6.07) is 15.1. The van der Waals surface area contributed by atoms with E-state index in [1.165, 1.54) is 0 Å². The van der Waals surface area contributed by atoms with Crippen LogP contribution in [0, 0.1) is 5.41 Å². The number of nitrogens with zero attached hydrogens (tertiary/aromatic N) is 1. The minimum atomic E-state index is -0.603. The average molecular weight is 458 g/mol. The number of hydrogen-bond donors (Lipinski definition) is 0. The zero-order valence-corrected chi connectivity index (χ0v) is 19.6. The lowest BCUT2D eigenvalue weighted by Gasteiger charge is -2.52. The van der Waals surface area contributed by atoms with E-state index in [1.807, 2.05) is 67.3 Å². The summed E-state index contributed by atoms with van der Waals surface area (Å²) in [5.74, 6) is 0.0857. The highest BCUT2D eigenvalue weighted by atomic mass is 35.5. The molecule has 0 aliphatic carbocycles. The van der Waals surface area contributed by atoms with Gasteiger partial charge in [-0.3, -0.25) is 4.79 Å². The highest BCUT2D eigenvalue weighted by Crippen LogP contribution is 2.52. The van der Waals surface area contributed by atoms with Gasteiger partial charge in [0, 0.05) is 28.4 Å². The number of piperidine rings is 1. The van der Waals surface area contributed by atoms with E-state index in [0.29, 0.717) is 35.7 Å². The molecule has 2 aromatic carbocycles. The first-order valence-electron chi connectivity index (χ1n) is 10.7. The smallest absolute Gasteiger partial charge is 0.229 e. The second-order valence-electron chi connectivity index (χ2n) is 8.59. The Kier molecular flexibility index (Phi) is 7.61. The van der Waals surface area contributed by atoms with Gasteiger partial charge in [0.05, 0.1) is 11.5 Å². The Morgan fingerprint density at radius 2 is 1.87 bits per heavy atom. The van der Waals surface area contributed by atoms with Crippen molar-refractivity contribution in [1.29, 1.82) is 0 Å². The van der Waals surface area contributed by atoms with E-state index in [2.05, 4.69) is 12.6 Å². The van der Waals surface area contributed by atoms with Crippen molar-refractivity contribution in [2.75, 3.05) is 0 Å². The molecule has 1 amide bonds. The topological polar surface area (TPSA) is 37.4 Å². The Morgan fingerprint density at radius 3 is 2.45 bits per heavy atom. The van der Waals surface area contributed by atoms with Gasteiger partial charge in [0.15, 0.2) is 0 Å². The van der Waals surface area contributed by atoms with E-state index in [0.717, 1.165) is 17.4 Å². The molecule has 1 saturated heterocycles. The molecule has 164 valence electrons. The molecule has 3 rings (SSSR count). The number of likely N-dealkylation sites (tertiary alicyclic amines) is 1. The van der Waals surface area contributed by atoms with E-state index in [4.69, 9.17) is 23.2 Å². The third-order valence-electron chi connectivity index (χ3n) is 6.42. The molecule has 3 nitrogen and oxygen atoms in total. The van der Waals surface area contributed by atoms with Crippen molar-refractivity contribution in [2.45, 2.75) is 57.5 Å². The fourth-order valence-electron chi connectivity index (χ4n) is 4.88. The molecule has 31 heavy (non-hydrogen) atoms. The molecule has 0 bridgehead atoms. The van der Waals surface area contributed by atoms with Crippen LogP contribution in [0.3, 0.4) is 0 Å². The third kappa shape index (κ3) is 4.88. The quantitative estimate of drug-likeness (QED) is 0.316. The van der Waals surface area contributed by atoms with Gasteiger partial charge in [-0.05, 0) is 54.7 Å². The molecule has 1 fully saturated rings. The lowest BCUT2D eigenvalue weighted by Crippen LogP contribution is -2.55. The second-order valence-corrected chi connectivity index (χ2v) is 9.47. The van der Waals surface area contributed by atoms with Gasteiger partial charge in [-0.2, -0.15) is 0 Å². The summed E-state index contributed by atoms with van der Waals surface area (Å²) < 4.78 is 0. The molecule has 2 aromatic rings. The highest BCUT2D eigenvalue weighted by Gasteiger charge is 2.50. The predicted molar refractivity (Wildman–Crippen MR) is 128 cm³/mol. The normalized spacial score (nSPS) is 24.6. The van der Waals surface area contributed by atoms with Gasteiger partial charge >= 0.3 is 0 Å². The summed E-state index contributed by atoms with van der Waals surface area (Å²) in [6.45, 7) is 7.93. The maximum atomic E-state index is 13.9. The molecule has 0 radical (unpaired) electrons. The first kappa shape index (κ1) is 23.6. The molecule has 4 atom stereocenters. The molecule has 1 heterocycles. The molecular formula is C26H29Cl2NO2. The summed E-state index contributed by atoms with van der Waals surface area (Å²) in [6.07, 6.45) is 4.96. The van der Waals surface area contributed by atoms with Crippen molar-refractivity contribution in [3.8, 4) is 0 Å². The van der Waals surface area contributed by atoms with Crippen molar-refractivity contribution in [3.63, 3.8) is 0 Å². The Labute approximate surface area is 195 Å². The first-order chi connectivity index (χ1) is 14.8. The number of carbonyl (C=O) groups excluding carboxylic acids is 2. The highest BCUT2D eigenvalue weighted by molar-refractivity contribution is 6.30. The van der Waals surface area contributed by atoms with Crippen LogP contribution in [0.4, 0.5) is 0 Å². The Balaban J connectivity index is 2.23. The van der Waals surface area contributed by atoms with Crippen LogP contribution in [0.15, 0.2) is 61.2 Å². The first-order valence-corrected chi connectivity index (χ1v) is 11.5. The van der Waals surface area contributed by atoms with Gasteiger partial charge in [-0.15, -0.1) is 6.58 Å². The van der Waals surface area contributed by atoms with Crippen LogP contribution in [-0.2, 0) is 9.59 Å². The number of allylic oxidation sites excluding steroid dienone is 1. The lowest BCUT2D eigenvalue weighted by atomic mass is 9.67. The van der Waals surface area contributed by atoms with E-state index in [-0.39, 0.29) is 23.9 Å². The summed E-state index contributed by atoms with van der Waals surface area (Å²) >= 11 is 12.5. The van der Waals surface area contributed by atoms with E-state index in [9.17, 15) is 9.59 Å². The summed E-state index contributed by atoms with van der Waals surface area (Å²) in [5.41, 5.74) is 1.49. The second kappa shape index (κ2) is 10.0. The van der Waals surface area contributed by atoms with Gasteiger partial charge in [-0.1, -0.05) is 67.4 Å². The fourth-order valence-corrected chi connectivity index (χ4v) is 5.20. The fraction of sp³-hybridized carbons (Fsp3) is 0.385. The molecule has 0 N–H and O–H groups in total. The van der Waals surface area contributed by atoms with E-state index in [1.54, 1.807) is 0 Å². The largest absolute Gasteiger partial charge is 0.331 e. The van der Waals surface area contributed by atoms with Crippen molar-refractivity contribution < 1.29 is 9.59 Å². The Hall–Kier alpha value is -2.10. The predicted octanol–water partition coefficient (Wildman–Crippen LogP) is 7.00. The molecule has 1 aliphatic rings. The third-order valence-corrected chi connectivity index (χ3v) is 6.91. The molecule has 0 saturated carbocycles. The van der Waals surface area contributed by atoms with E-state index < -0.39 is 5.41 Å². The van der Waals surface area contributed by atoms with Crippen LogP contribution in [0.5, 0.6) is 0 Å². The number of hydrogen-bond acceptors (Lipinski definition) is 2. The maximum absolute atomic E-state index is 13.9. The Bertz CT molecular complexity index is 943. The van der Waals surface area contributed by atoms with Crippen LogP contribution in [-0.4, -0.2) is 23.1 Å². The van der Waals surface area contributed by atoms with Gasteiger partial charge in [-0.25, -0.2) is 0 Å². The zero-order valence-electron chi connectivity index (χ0n) is 18.1. The number of rotatable bonds is 8.